The molecule has 2 aromatic rings. The molecule has 0 aliphatic heterocycles. The molecule has 3 N–H and O–H groups in total. The molecule has 6 nitrogen and oxygen atoms in total. The number of carbonyl (C=O) groups is 2. The van der Waals surface area contributed by atoms with E-state index in [0.717, 1.165) is 5.56 Å². The van der Waals surface area contributed by atoms with Crippen LogP contribution in [0.1, 0.15) is 11.1 Å². The lowest BCUT2D eigenvalue weighted by molar-refractivity contribution is -0.133. The molecule has 0 spiro atoms. The van der Waals surface area contributed by atoms with E-state index in [0.29, 0.717) is 17.1 Å². The molecule has 1 aromatic heterocycles. The highest BCUT2D eigenvalue weighted by Gasteiger charge is 2.16. The first-order chi connectivity index (χ1) is 9.97. The first kappa shape index (κ1) is 14.5. The monoisotopic (exact) mass is 285 g/mol. The standard InChI is InChI=1S/C15H15N3O3/c1-9-4-3-7-16-13(9)18-15(21)14(20)17-12-6-5-11(19)8-10(12)2/h3-8,19H,1-2H3,(H,17,20)(H,16,18,21). The summed E-state index contributed by atoms with van der Waals surface area (Å²) in [6.07, 6.45) is 1.53. The Labute approximate surface area is 121 Å². The lowest BCUT2D eigenvalue weighted by Gasteiger charge is -2.09. The lowest BCUT2D eigenvalue weighted by atomic mass is 10.2. The van der Waals surface area contributed by atoms with Crippen LogP contribution in [0.5, 0.6) is 5.75 Å². The van der Waals surface area contributed by atoms with Gasteiger partial charge in [0, 0.05) is 11.9 Å². The maximum atomic E-state index is 11.9. The Morgan fingerprint density at radius 1 is 1.05 bits per heavy atom. The number of anilines is 2. The number of nitrogens with one attached hydrogen (secondary N) is 2. The van der Waals surface area contributed by atoms with Crippen molar-refractivity contribution in [2.75, 3.05) is 10.6 Å². The number of nitrogens with zero attached hydrogens (tertiary/aromatic N) is 1. The summed E-state index contributed by atoms with van der Waals surface area (Å²) in [5.41, 5.74) is 1.88. The van der Waals surface area contributed by atoms with Gasteiger partial charge < -0.3 is 15.7 Å². The van der Waals surface area contributed by atoms with Crippen LogP contribution in [-0.2, 0) is 9.59 Å². The zero-order valence-corrected chi connectivity index (χ0v) is 11.7. The Balaban J connectivity index is 2.06. The SMILES string of the molecule is Cc1cc(O)ccc1NC(=O)C(=O)Nc1ncccc1C. The minimum absolute atomic E-state index is 0.0964. The maximum Gasteiger partial charge on any atom is 0.315 e. The predicted molar refractivity (Wildman–Crippen MR) is 79.1 cm³/mol. The molecule has 0 saturated carbocycles. The van der Waals surface area contributed by atoms with E-state index >= 15 is 0 Å². The number of rotatable bonds is 2. The van der Waals surface area contributed by atoms with Crippen molar-refractivity contribution in [2.24, 2.45) is 0 Å². The number of hydrogen-bond donors (Lipinski definition) is 3. The Morgan fingerprint density at radius 2 is 1.76 bits per heavy atom. The highest BCUT2D eigenvalue weighted by molar-refractivity contribution is 6.43. The van der Waals surface area contributed by atoms with Gasteiger partial charge in [0.2, 0.25) is 0 Å². The molecule has 2 rings (SSSR count). The van der Waals surface area contributed by atoms with Crippen LogP contribution >= 0.6 is 0 Å². The second-order valence-corrected chi connectivity index (χ2v) is 4.58. The lowest BCUT2D eigenvalue weighted by Crippen LogP contribution is -2.29. The van der Waals surface area contributed by atoms with Gasteiger partial charge in [0.05, 0.1) is 0 Å². The van der Waals surface area contributed by atoms with Gasteiger partial charge in [-0.1, -0.05) is 6.07 Å². The van der Waals surface area contributed by atoms with Crippen LogP contribution in [0.15, 0.2) is 36.5 Å². The summed E-state index contributed by atoms with van der Waals surface area (Å²) in [6, 6.07) is 7.98. The fourth-order valence-corrected chi connectivity index (χ4v) is 1.75. The number of aryl methyl sites for hydroxylation is 2. The summed E-state index contributed by atoms with van der Waals surface area (Å²) < 4.78 is 0. The summed E-state index contributed by atoms with van der Waals surface area (Å²) in [5.74, 6) is -1.16. The second kappa shape index (κ2) is 6.04. The Morgan fingerprint density at radius 3 is 2.43 bits per heavy atom. The van der Waals surface area contributed by atoms with Gasteiger partial charge in [-0.05, 0) is 49.2 Å². The minimum atomic E-state index is -0.802. The number of aromatic hydroxyl groups is 1. The van der Waals surface area contributed by atoms with E-state index in [4.69, 9.17) is 0 Å². The van der Waals surface area contributed by atoms with Gasteiger partial charge >= 0.3 is 11.8 Å². The molecule has 0 bridgehead atoms. The molecular formula is C15H15N3O3. The van der Waals surface area contributed by atoms with Gasteiger partial charge in [0.25, 0.3) is 0 Å². The van der Waals surface area contributed by atoms with E-state index in [-0.39, 0.29) is 5.75 Å². The molecule has 0 saturated heterocycles. The fraction of sp³-hybridized carbons (Fsp3) is 0.133. The van der Waals surface area contributed by atoms with Crippen LogP contribution in [0, 0.1) is 13.8 Å². The number of hydrogen-bond acceptors (Lipinski definition) is 4. The normalized spacial score (nSPS) is 10.0. The van der Waals surface area contributed by atoms with E-state index in [1.807, 2.05) is 0 Å². The summed E-state index contributed by atoms with van der Waals surface area (Å²) >= 11 is 0. The highest BCUT2D eigenvalue weighted by atomic mass is 16.3. The van der Waals surface area contributed by atoms with Crippen LogP contribution in [0.2, 0.25) is 0 Å². The maximum absolute atomic E-state index is 11.9. The molecule has 0 aliphatic carbocycles. The average molecular weight is 285 g/mol. The number of amides is 2. The van der Waals surface area contributed by atoms with E-state index < -0.39 is 11.8 Å². The Bertz CT molecular complexity index is 698. The molecule has 0 radical (unpaired) electrons. The van der Waals surface area contributed by atoms with Crippen molar-refractivity contribution in [1.29, 1.82) is 0 Å². The minimum Gasteiger partial charge on any atom is -0.508 e. The first-order valence-corrected chi connectivity index (χ1v) is 6.31. The first-order valence-electron chi connectivity index (χ1n) is 6.31. The van der Waals surface area contributed by atoms with E-state index in [1.54, 1.807) is 26.0 Å². The molecular weight excluding hydrogens is 270 g/mol. The Hall–Kier alpha value is -2.89. The molecule has 2 amide bonds. The van der Waals surface area contributed by atoms with Gasteiger partial charge in [-0.15, -0.1) is 0 Å². The summed E-state index contributed by atoms with van der Waals surface area (Å²) in [4.78, 5) is 27.7. The van der Waals surface area contributed by atoms with Crippen molar-refractivity contribution < 1.29 is 14.7 Å². The van der Waals surface area contributed by atoms with Crippen molar-refractivity contribution in [3.05, 3.63) is 47.7 Å². The quantitative estimate of drug-likeness (QED) is 0.581. The molecule has 1 heterocycles. The van der Waals surface area contributed by atoms with Crippen molar-refractivity contribution >= 4 is 23.3 Å². The van der Waals surface area contributed by atoms with E-state index in [2.05, 4.69) is 15.6 Å². The fourth-order valence-electron chi connectivity index (χ4n) is 1.75. The van der Waals surface area contributed by atoms with Crippen molar-refractivity contribution in [3.63, 3.8) is 0 Å². The molecule has 0 fully saturated rings. The van der Waals surface area contributed by atoms with Gasteiger partial charge in [-0.2, -0.15) is 0 Å². The Kier molecular flexibility index (Phi) is 4.18. The van der Waals surface area contributed by atoms with Gasteiger partial charge in [-0.25, -0.2) is 4.98 Å². The van der Waals surface area contributed by atoms with Crippen molar-refractivity contribution in [3.8, 4) is 5.75 Å². The van der Waals surface area contributed by atoms with Gasteiger partial charge in [0.1, 0.15) is 11.6 Å². The third-order valence-corrected chi connectivity index (χ3v) is 2.91. The van der Waals surface area contributed by atoms with E-state index in [9.17, 15) is 14.7 Å². The predicted octanol–water partition coefficient (Wildman–Crippen LogP) is 1.98. The van der Waals surface area contributed by atoms with Crippen LogP contribution in [0.4, 0.5) is 11.5 Å². The summed E-state index contributed by atoms with van der Waals surface area (Å²) in [5, 5.41) is 14.2. The van der Waals surface area contributed by atoms with Gasteiger partial charge in [0.15, 0.2) is 0 Å². The molecule has 6 heteroatoms. The number of phenols is 1. The van der Waals surface area contributed by atoms with Crippen LogP contribution in [-0.4, -0.2) is 21.9 Å². The molecule has 0 aliphatic rings. The van der Waals surface area contributed by atoms with Crippen LogP contribution in [0.25, 0.3) is 0 Å². The topological polar surface area (TPSA) is 91.3 Å². The van der Waals surface area contributed by atoms with Crippen molar-refractivity contribution in [2.45, 2.75) is 13.8 Å². The molecule has 0 atom stereocenters. The molecule has 0 unspecified atom stereocenters. The number of aromatic nitrogens is 1. The second-order valence-electron chi connectivity index (χ2n) is 4.58. The number of benzene rings is 1. The molecule has 108 valence electrons. The number of pyridine rings is 1. The number of carbonyl (C=O) groups excluding carboxylic acids is 2. The van der Waals surface area contributed by atoms with Crippen molar-refractivity contribution in [1.82, 2.24) is 4.98 Å². The average Bonchev–Trinajstić information content (AvgIpc) is 2.44. The third-order valence-electron chi connectivity index (χ3n) is 2.91. The third kappa shape index (κ3) is 3.56. The van der Waals surface area contributed by atoms with Gasteiger partial charge in [-0.3, -0.25) is 9.59 Å². The zero-order valence-electron chi connectivity index (χ0n) is 11.7. The summed E-state index contributed by atoms with van der Waals surface area (Å²) in [7, 11) is 0. The summed E-state index contributed by atoms with van der Waals surface area (Å²) in [6.45, 7) is 3.50. The van der Waals surface area contributed by atoms with Crippen LogP contribution in [0.3, 0.4) is 0 Å². The highest BCUT2D eigenvalue weighted by Crippen LogP contribution is 2.20. The van der Waals surface area contributed by atoms with E-state index in [1.165, 1.54) is 24.4 Å². The zero-order chi connectivity index (χ0) is 15.4. The smallest absolute Gasteiger partial charge is 0.315 e. The molecule has 1 aromatic carbocycles. The number of phenolic OH excluding ortho intramolecular Hbond substituents is 1. The largest absolute Gasteiger partial charge is 0.508 e. The van der Waals surface area contributed by atoms with Crippen LogP contribution < -0.4 is 10.6 Å². The molecule has 21 heavy (non-hydrogen) atoms.